The summed E-state index contributed by atoms with van der Waals surface area (Å²) < 4.78 is 5.30. The lowest BCUT2D eigenvalue weighted by Gasteiger charge is -2.00. The van der Waals surface area contributed by atoms with Gasteiger partial charge in [-0.3, -0.25) is 4.79 Å². The molecule has 2 nitrogen and oxygen atoms in total. The highest BCUT2D eigenvalue weighted by Crippen LogP contribution is 2.32. The van der Waals surface area contributed by atoms with E-state index in [4.69, 9.17) is 4.74 Å². The van der Waals surface area contributed by atoms with Gasteiger partial charge in [-0.25, -0.2) is 0 Å². The van der Waals surface area contributed by atoms with E-state index in [1.807, 2.05) is 0 Å². The Morgan fingerprint density at radius 3 is 2.58 bits per heavy atom. The zero-order valence-electron chi connectivity index (χ0n) is 7.42. The minimum Gasteiger partial charge on any atom is -0.374 e. The highest BCUT2D eigenvalue weighted by atomic mass is 16.5. The Hall–Kier alpha value is -0.370. The molecule has 0 amide bonds. The summed E-state index contributed by atoms with van der Waals surface area (Å²) >= 11 is 0. The van der Waals surface area contributed by atoms with Gasteiger partial charge in [0.05, 0.1) is 0 Å². The molecule has 2 rings (SSSR count). The molecule has 0 aliphatic heterocycles. The van der Waals surface area contributed by atoms with Crippen molar-refractivity contribution in [3.8, 4) is 0 Å². The standard InChI is InChI=1S/C10H16O2/c11-10(9-3-4-9)7-12-6-5-8-1-2-8/h8-9H,1-7H2. The predicted molar refractivity (Wildman–Crippen MR) is 45.9 cm³/mol. The van der Waals surface area contributed by atoms with Crippen molar-refractivity contribution in [1.82, 2.24) is 0 Å². The Labute approximate surface area is 73.3 Å². The van der Waals surface area contributed by atoms with Gasteiger partial charge < -0.3 is 4.74 Å². The molecule has 12 heavy (non-hydrogen) atoms. The van der Waals surface area contributed by atoms with Crippen molar-refractivity contribution >= 4 is 5.78 Å². The maximum atomic E-state index is 11.1. The minimum atomic E-state index is 0.325. The van der Waals surface area contributed by atoms with Gasteiger partial charge in [0.15, 0.2) is 5.78 Å². The second-order valence-electron chi connectivity index (χ2n) is 4.03. The van der Waals surface area contributed by atoms with Crippen LogP contribution in [-0.2, 0) is 9.53 Å². The molecule has 0 saturated heterocycles. The van der Waals surface area contributed by atoms with Gasteiger partial charge in [0.1, 0.15) is 6.61 Å². The highest BCUT2D eigenvalue weighted by molar-refractivity contribution is 5.84. The fourth-order valence-electron chi connectivity index (χ4n) is 1.35. The maximum absolute atomic E-state index is 11.1. The zero-order valence-corrected chi connectivity index (χ0v) is 7.42. The average molecular weight is 168 g/mol. The molecular formula is C10H16O2. The smallest absolute Gasteiger partial charge is 0.161 e. The Morgan fingerprint density at radius 1 is 1.25 bits per heavy atom. The summed E-state index contributed by atoms with van der Waals surface area (Å²) in [4.78, 5) is 11.1. The molecule has 2 aliphatic carbocycles. The topological polar surface area (TPSA) is 26.3 Å². The first-order valence-corrected chi connectivity index (χ1v) is 4.96. The first-order valence-electron chi connectivity index (χ1n) is 4.96. The van der Waals surface area contributed by atoms with Gasteiger partial charge in [0, 0.05) is 12.5 Å². The van der Waals surface area contributed by atoms with Crippen molar-refractivity contribution in [2.24, 2.45) is 11.8 Å². The largest absolute Gasteiger partial charge is 0.374 e. The monoisotopic (exact) mass is 168 g/mol. The molecule has 2 aliphatic rings. The lowest BCUT2D eigenvalue weighted by atomic mass is 10.3. The molecule has 0 aromatic rings. The molecule has 0 atom stereocenters. The molecule has 2 saturated carbocycles. The van der Waals surface area contributed by atoms with Crippen LogP contribution in [0.5, 0.6) is 0 Å². The summed E-state index contributed by atoms with van der Waals surface area (Å²) in [6.45, 7) is 1.17. The summed E-state index contributed by atoms with van der Waals surface area (Å²) in [7, 11) is 0. The third kappa shape index (κ3) is 2.59. The van der Waals surface area contributed by atoms with Crippen molar-refractivity contribution in [2.45, 2.75) is 32.1 Å². The summed E-state index contributed by atoms with van der Waals surface area (Å²) in [6, 6.07) is 0. The first-order chi connectivity index (χ1) is 5.86. The zero-order chi connectivity index (χ0) is 8.39. The Morgan fingerprint density at radius 2 is 2.00 bits per heavy atom. The predicted octanol–water partition coefficient (Wildman–Crippen LogP) is 1.78. The van der Waals surface area contributed by atoms with Crippen LogP contribution in [-0.4, -0.2) is 19.0 Å². The molecule has 0 radical (unpaired) electrons. The van der Waals surface area contributed by atoms with Crippen LogP contribution in [0.25, 0.3) is 0 Å². The van der Waals surface area contributed by atoms with Crippen molar-refractivity contribution in [3.63, 3.8) is 0 Å². The molecule has 0 aromatic heterocycles. The lowest BCUT2D eigenvalue weighted by Crippen LogP contribution is -2.11. The normalized spacial score (nSPS) is 22.7. The minimum absolute atomic E-state index is 0.325. The molecule has 0 aromatic carbocycles. The van der Waals surface area contributed by atoms with Gasteiger partial charge in [-0.2, -0.15) is 0 Å². The van der Waals surface area contributed by atoms with Gasteiger partial charge in [0.25, 0.3) is 0 Å². The van der Waals surface area contributed by atoms with Crippen molar-refractivity contribution in [2.75, 3.05) is 13.2 Å². The quantitative estimate of drug-likeness (QED) is 0.565. The second kappa shape index (κ2) is 3.56. The number of rotatable bonds is 6. The van der Waals surface area contributed by atoms with E-state index in [9.17, 15) is 4.79 Å². The summed E-state index contributed by atoms with van der Waals surface area (Å²) in [6.07, 6.45) is 6.12. The van der Waals surface area contributed by atoms with Crippen LogP contribution in [0.2, 0.25) is 0 Å². The molecule has 0 N–H and O–H groups in total. The highest BCUT2D eigenvalue weighted by Gasteiger charge is 2.29. The van der Waals surface area contributed by atoms with Crippen LogP contribution >= 0.6 is 0 Å². The number of Topliss-reactive ketones (excluding diaryl/α,β-unsaturated/α-hetero) is 1. The average Bonchev–Trinajstić information content (AvgIpc) is 2.85. The number of hydrogen-bond donors (Lipinski definition) is 0. The van der Waals surface area contributed by atoms with E-state index < -0.39 is 0 Å². The van der Waals surface area contributed by atoms with E-state index in [0.717, 1.165) is 31.8 Å². The molecule has 2 heteroatoms. The van der Waals surface area contributed by atoms with Crippen LogP contribution in [0.1, 0.15) is 32.1 Å². The maximum Gasteiger partial charge on any atom is 0.161 e. The lowest BCUT2D eigenvalue weighted by molar-refractivity contribution is -0.124. The number of hydrogen-bond acceptors (Lipinski definition) is 2. The molecule has 0 heterocycles. The number of ether oxygens (including phenoxy) is 1. The van der Waals surface area contributed by atoms with Crippen molar-refractivity contribution < 1.29 is 9.53 Å². The Bertz CT molecular complexity index is 169. The molecule has 2 fully saturated rings. The van der Waals surface area contributed by atoms with E-state index >= 15 is 0 Å². The van der Waals surface area contributed by atoms with Crippen molar-refractivity contribution in [3.05, 3.63) is 0 Å². The summed E-state index contributed by atoms with van der Waals surface area (Å²) in [5.41, 5.74) is 0. The fraction of sp³-hybridized carbons (Fsp3) is 0.900. The van der Waals surface area contributed by atoms with Crippen LogP contribution < -0.4 is 0 Å². The fourth-order valence-corrected chi connectivity index (χ4v) is 1.35. The van der Waals surface area contributed by atoms with E-state index in [1.165, 1.54) is 12.8 Å². The number of ketones is 1. The molecule has 0 spiro atoms. The van der Waals surface area contributed by atoms with Gasteiger partial charge in [0.2, 0.25) is 0 Å². The molecule has 0 unspecified atom stereocenters. The van der Waals surface area contributed by atoms with Crippen LogP contribution in [0.15, 0.2) is 0 Å². The number of carbonyl (C=O) groups is 1. The van der Waals surface area contributed by atoms with Gasteiger partial charge in [-0.05, 0) is 25.2 Å². The summed E-state index contributed by atoms with van der Waals surface area (Å²) in [5.74, 6) is 1.61. The Balaban J connectivity index is 1.46. The SMILES string of the molecule is O=C(COCCC1CC1)C1CC1. The van der Waals surface area contributed by atoms with Gasteiger partial charge in [-0.15, -0.1) is 0 Å². The van der Waals surface area contributed by atoms with Crippen molar-refractivity contribution in [1.29, 1.82) is 0 Å². The van der Waals surface area contributed by atoms with Crippen LogP contribution in [0.4, 0.5) is 0 Å². The number of carbonyl (C=O) groups excluding carboxylic acids is 1. The van der Waals surface area contributed by atoms with E-state index in [1.54, 1.807) is 0 Å². The first kappa shape index (κ1) is 8.24. The van der Waals surface area contributed by atoms with E-state index in [0.29, 0.717) is 18.3 Å². The molecule has 0 bridgehead atoms. The van der Waals surface area contributed by atoms with E-state index in [2.05, 4.69) is 0 Å². The van der Waals surface area contributed by atoms with Gasteiger partial charge >= 0.3 is 0 Å². The molecule has 68 valence electrons. The summed E-state index contributed by atoms with van der Waals surface area (Å²) in [5, 5.41) is 0. The molecular weight excluding hydrogens is 152 g/mol. The third-order valence-corrected chi connectivity index (χ3v) is 2.64. The van der Waals surface area contributed by atoms with Crippen LogP contribution in [0.3, 0.4) is 0 Å². The van der Waals surface area contributed by atoms with Gasteiger partial charge in [-0.1, -0.05) is 12.8 Å². The Kier molecular flexibility index (Phi) is 2.45. The third-order valence-electron chi connectivity index (χ3n) is 2.64. The van der Waals surface area contributed by atoms with Crippen LogP contribution in [0, 0.1) is 11.8 Å². The second-order valence-corrected chi connectivity index (χ2v) is 4.03. The van der Waals surface area contributed by atoms with E-state index in [-0.39, 0.29) is 0 Å².